The molecule has 0 aromatic heterocycles. The Labute approximate surface area is 78.3 Å². The maximum Gasteiger partial charge on any atom is 0.0905 e. The van der Waals surface area contributed by atoms with Crippen LogP contribution in [0.25, 0.3) is 0 Å². The highest BCUT2D eigenvalue weighted by atomic mass is 14.8. The van der Waals surface area contributed by atoms with Gasteiger partial charge in [-0.1, -0.05) is 41.0 Å². The van der Waals surface area contributed by atoms with Crippen molar-refractivity contribution in [3.8, 4) is 0 Å². The van der Waals surface area contributed by atoms with Gasteiger partial charge in [-0.2, -0.15) is 0 Å². The number of amidine groups is 1. The van der Waals surface area contributed by atoms with E-state index in [0.29, 0.717) is 5.84 Å². The molecule has 0 amide bonds. The highest BCUT2D eigenvalue weighted by Crippen LogP contribution is 1.85. The van der Waals surface area contributed by atoms with Gasteiger partial charge in [0.25, 0.3) is 0 Å². The van der Waals surface area contributed by atoms with Crippen molar-refractivity contribution in [2.24, 2.45) is 10.7 Å². The van der Waals surface area contributed by atoms with E-state index in [1.807, 2.05) is 34.6 Å². The molecule has 76 valence electrons. The molecule has 0 heterocycles. The van der Waals surface area contributed by atoms with Crippen LogP contribution in [0.3, 0.4) is 0 Å². The molecule has 2 heteroatoms. The van der Waals surface area contributed by atoms with Crippen molar-refractivity contribution in [1.82, 2.24) is 0 Å². The SMILES string of the molecule is CC.CC.CCCCN=C(C)N. The van der Waals surface area contributed by atoms with Crippen LogP contribution in [-0.4, -0.2) is 12.4 Å². The molecule has 2 N–H and O–H groups in total. The molecule has 12 heavy (non-hydrogen) atoms. The van der Waals surface area contributed by atoms with Gasteiger partial charge < -0.3 is 5.73 Å². The lowest BCUT2D eigenvalue weighted by molar-refractivity contribution is 0.807. The van der Waals surface area contributed by atoms with E-state index in [0.717, 1.165) is 13.0 Å². The Hall–Kier alpha value is -0.530. The molecule has 2 nitrogen and oxygen atoms in total. The van der Waals surface area contributed by atoms with Crippen molar-refractivity contribution in [1.29, 1.82) is 0 Å². The molecule has 0 fully saturated rings. The Bertz CT molecular complexity index is 73.9. The molecule has 0 unspecified atom stereocenters. The third kappa shape index (κ3) is 34.0. The molecule has 0 aromatic carbocycles. The maximum atomic E-state index is 5.28. The van der Waals surface area contributed by atoms with Crippen LogP contribution in [-0.2, 0) is 0 Å². The predicted octanol–water partition coefficient (Wildman–Crippen LogP) is 3.22. The van der Waals surface area contributed by atoms with Crippen molar-refractivity contribution in [2.75, 3.05) is 6.54 Å². The summed E-state index contributed by atoms with van der Waals surface area (Å²) >= 11 is 0. The second kappa shape index (κ2) is 22.4. The number of nitrogens with zero attached hydrogens (tertiary/aromatic N) is 1. The molecule has 0 atom stereocenters. The second-order valence-electron chi connectivity index (χ2n) is 1.88. The molecule has 0 aliphatic carbocycles. The van der Waals surface area contributed by atoms with E-state index >= 15 is 0 Å². The summed E-state index contributed by atoms with van der Waals surface area (Å²) in [5.74, 6) is 0.693. The van der Waals surface area contributed by atoms with Gasteiger partial charge in [0.05, 0.1) is 5.84 Å². The summed E-state index contributed by atoms with van der Waals surface area (Å²) in [5.41, 5.74) is 5.28. The first-order chi connectivity index (χ1) is 5.77. The van der Waals surface area contributed by atoms with Gasteiger partial charge in [0.15, 0.2) is 0 Å². The normalized spacial score (nSPS) is 9.00. The molecule has 0 aliphatic heterocycles. The highest BCUT2D eigenvalue weighted by Gasteiger charge is 1.78. The molecular weight excluding hydrogens is 148 g/mol. The zero-order valence-electron chi connectivity index (χ0n) is 9.65. The first kappa shape index (κ1) is 17.5. The minimum absolute atomic E-state index is 0.693. The third-order valence-corrected chi connectivity index (χ3v) is 0.873. The second-order valence-corrected chi connectivity index (χ2v) is 1.88. The van der Waals surface area contributed by atoms with E-state index < -0.39 is 0 Å². The molecule has 0 spiro atoms. The van der Waals surface area contributed by atoms with Gasteiger partial charge in [0.1, 0.15) is 0 Å². The minimum atomic E-state index is 0.693. The minimum Gasteiger partial charge on any atom is -0.388 e. The summed E-state index contributed by atoms with van der Waals surface area (Å²) in [6, 6.07) is 0. The Morgan fingerprint density at radius 2 is 1.58 bits per heavy atom. The van der Waals surface area contributed by atoms with Crippen LogP contribution in [0.15, 0.2) is 4.99 Å². The van der Waals surface area contributed by atoms with Crippen molar-refractivity contribution in [3.05, 3.63) is 0 Å². The van der Waals surface area contributed by atoms with Crippen molar-refractivity contribution in [3.63, 3.8) is 0 Å². The zero-order chi connectivity index (χ0) is 10.4. The standard InChI is InChI=1S/C6H14N2.2C2H6/c1-3-4-5-8-6(2)7;2*1-2/h3-5H2,1-2H3,(H2,7,8);2*1-2H3. The van der Waals surface area contributed by atoms with Crippen molar-refractivity contribution >= 4 is 5.84 Å². The fourth-order valence-corrected chi connectivity index (χ4v) is 0.414. The Morgan fingerprint density at radius 1 is 1.17 bits per heavy atom. The average molecular weight is 174 g/mol. The number of hydrogen-bond acceptors (Lipinski definition) is 1. The number of nitrogens with two attached hydrogens (primary N) is 1. The quantitative estimate of drug-likeness (QED) is 0.398. The molecular formula is C10H26N2. The van der Waals surface area contributed by atoms with Crippen molar-refractivity contribution < 1.29 is 0 Å². The smallest absolute Gasteiger partial charge is 0.0905 e. The lowest BCUT2D eigenvalue weighted by atomic mass is 10.3. The van der Waals surface area contributed by atoms with Crippen LogP contribution < -0.4 is 5.73 Å². The largest absolute Gasteiger partial charge is 0.388 e. The van der Waals surface area contributed by atoms with Crippen molar-refractivity contribution in [2.45, 2.75) is 54.4 Å². The van der Waals surface area contributed by atoms with Gasteiger partial charge in [-0.05, 0) is 13.3 Å². The van der Waals surface area contributed by atoms with Gasteiger partial charge in [-0.3, -0.25) is 4.99 Å². The lowest BCUT2D eigenvalue weighted by Crippen LogP contribution is -2.05. The number of hydrogen-bond donors (Lipinski definition) is 1. The monoisotopic (exact) mass is 174 g/mol. The predicted molar refractivity (Wildman–Crippen MR) is 59.8 cm³/mol. The fourth-order valence-electron chi connectivity index (χ4n) is 0.414. The molecule has 0 radical (unpaired) electrons. The van der Waals surface area contributed by atoms with E-state index in [-0.39, 0.29) is 0 Å². The topological polar surface area (TPSA) is 38.4 Å². The van der Waals surface area contributed by atoms with Crippen LogP contribution in [0.2, 0.25) is 0 Å². The number of unbranched alkanes of at least 4 members (excludes halogenated alkanes) is 1. The number of rotatable bonds is 3. The fraction of sp³-hybridized carbons (Fsp3) is 0.900. The molecule has 0 rings (SSSR count). The Balaban J connectivity index is -0.000000175. The zero-order valence-corrected chi connectivity index (χ0v) is 9.65. The first-order valence-electron chi connectivity index (χ1n) is 5.04. The third-order valence-electron chi connectivity index (χ3n) is 0.873. The summed E-state index contributed by atoms with van der Waals surface area (Å²) < 4.78 is 0. The summed E-state index contributed by atoms with van der Waals surface area (Å²) in [5, 5.41) is 0. The maximum absolute atomic E-state index is 5.28. The van der Waals surface area contributed by atoms with Crippen LogP contribution in [0.1, 0.15) is 54.4 Å². The summed E-state index contributed by atoms with van der Waals surface area (Å²) in [6.07, 6.45) is 2.34. The molecule has 0 aliphatic rings. The average Bonchev–Trinajstić information content (AvgIpc) is 2.12. The number of aliphatic imine (C=N–C) groups is 1. The summed E-state index contributed by atoms with van der Waals surface area (Å²) in [6.45, 7) is 12.8. The van der Waals surface area contributed by atoms with Crippen LogP contribution in [0, 0.1) is 0 Å². The summed E-state index contributed by atoms with van der Waals surface area (Å²) in [7, 11) is 0. The van der Waals surface area contributed by atoms with Crippen LogP contribution >= 0.6 is 0 Å². The molecule has 0 saturated heterocycles. The Morgan fingerprint density at radius 3 is 1.83 bits per heavy atom. The lowest BCUT2D eigenvalue weighted by Gasteiger charge is -1.89. The van der Waals surface area contributed by atoms with E-state index in [1.165, 1.54) is 6.42 Å². The highest BCUT2D eigenvalue weighted by molar-refractivity contribution is 5.77. The summed E-state index contributed by atoms with van der Waals surface area (Å²) in [4.78, 5) is 4.01. The molecule has 0 aromatic rings. The van der Waals surface area contributed by atoms with Crippen LogP contribution in [0.5, 0.6) is 0 Å². The molecule has 0 saturated carbocycles. The Kier molecular flexibility index (Phi) is 32.8. The van der Waals surface area contributed by atoms with E-state index in [4.69, 9.17) is 5.73 Å². The van der Waals surface area contributed by atoms with Gasteiger partial charge in [-0.25, -0.2) is 0 Å². The van der Waals surface area contributed by atoms with Gasteiger partial charge in [0.2, 0.25) is 0 Å². The van der Waals surface area contributed by atoms with Gasteiger partial charge in [-0.15, -0.1) is 0 Å². The van der Waals surface area contributed by atoms with Crippen LogP contribution in [0.4, 0.5) is 0 Å². The van der Waals surface area contributed by atoms with Gasteiger partial charge >= 0.3 is 0 Å². The van der Waals surface area contributed by atoms with E-state index in [2.05, 4.69) is 11.9 Å². The van der Waals surface area contributed by atoms with Gasteiger partial charge in [0, 0.05) is 6.54 Å². The first-order valence-corrected chi connectivity index (χ1v) is 5.04. The molecule has 0 bridgehead atoms. The van der Waals surface area contributed by atoms with E-state index in [1.54, 1.807) is 0 Å². The van der Waals surface area contributed by atoms with E-state index in [9.17, 15) is 0 Å².